The second-order valence-electron chi connectivity index (χ2n) is 5.26. The first-order chi connectivity index (χ1) is 7.81. The Balaban J connectivity index is 1.86. The van der Waals surface area contributed by atoms with E-state index in [1.54, 1.807) is 0 Å². The molecule has 3 rings (SSSR count). The molecule has 0 spiro atoms. The Bertz CT molecular complexity index is 364. The maximum atomic E-state index is 5.78. The fourth-order valence-electron chi connectivity index (χ4n) is 3.54. The van der Waals surface area contributed by atoms with Crippen molar-refractivity contribution >= 4 is 11.3 Å². The van der Waals surface area contributed by atoms with Crippen molar-refractivity contribution in [1.82, 2.24) is 4.98 Å². The molecular formula is C13H20N2S. The third-order valence-electron chi connectivity index (χ3n) is 4.37. The molecule has 3 atom stereocenters. The van der Waals surface area contributed by atoms with Gasteiger partial charge in [0.05, 0.1) is 10.7 Å². The molecule has 2 N–H and O–H groups in total. The zero-order valence-corrected chi connectivity index (χ0v) is 10.7. The minimum Gasteiger partial charge on any atom is -0.326 e. The monoisotopic (exact) mass is 236 g/mol. The van der Waals surface area contributed by atoms with Crippen molar-refractivity contribution in [3.05, 3.63) is 15.6 Å². The molecule has 1 aromatic heterocycles. The molecule has 0 aliphatic heterocycles. The molecule has 0 aromatic carbocycles. The van der Waals surface area contributed by atoms with Crippen molar-refractivity contribution in [1.29, 1.82) is 0 Å². The van der Waals surface area contributed by atoms with Gasteiger partial charge in [-0.2, -0.15) is 0 Å². The summed E-state index contributed by atoms with van der Waals surface area (Å²) >= 11 is 1.88. The Morgan fingerprint density at radius 2 is 2.25 bits per heavy atom. The van der Waals surface area contributed by atoms with Crippen molar-refractivity contribution < 1.29 is 0 Å². The van der Waals surface area contributed by atoms with Gasteiger partial charge in [-0.1, -0.05) is 13.3 Å². The van der Waals surface area contributed by atoms with Crippen molar-refractivity contribution in [2.24, 2.45) is 17.6 Å². The van der Waals surface area contributed by atoms with Crippen LogP contribution in [0.4, 0.5) is 0 Å². The van der Waals surface area contributed by atoms with Gasteiger partial charge in [0.1, 0.15) is 0 Å². The zero-order chi connectivity index (χ0) is 11.1. The van der Waals surface area contributed by atoms with Gasteiger partial charge in [-0.3, -0.25) is 0 Å². The normalized spacial score (nSPS) is 32.5. The number of hydrogen-bond donors (Lipinski definition) is 1. The first kappa shape index (κ1) is 10.7. The molecule has 2 fully saturated rings. The van der Waals surface area contributed by atoms with E-state index in [9.17, 15) is 0 Å². The fraction of sp³-hybridized carbons (Fsp3) is 0.769. The van der Waals surface area contributed by atoms with E-state index in [2.05, 4.69) is 6.92 Å². The van der Waals surface area contributed by atoms with Crippen LogP contribution in [0.2, 0.25) is 0 Å². The summed E-state index contributed by atoms with van der Waals surface area (Å²) in [4.78, 5) is 6.16. The first-order valence-electron chi connectivity index (χ1n) is 6.50. The number of aromatic nitrogens is 1. The summed E-state index contributed by atoms with van der Waals surface area (Å²) in [5.41, 5.74) is 7.04. The number of hydrogen-bond acceptors (Lipinski definition) is 3. The predicted molar refractivity (Wildman–Crippen MR) is 67.6 cm³/mol. The number of nitrogens with zero attached hydrogens (tertiary/aromatic N) is 1. The highest BCUT2D eigenvalue weighted by molar-refractivity contribution is 7.11. The predicted octanol–water partition coefficient (Wildman–Crippen LogP) is 3.07. The van der Waals surface area contributed by atoms with E-state index in [-0.39, 0.29) is 0 Å². The van der Waals surface area contributed by atoms with Gasteiger partial charge in [-0.25, -0.2) is 4.98 Å². The maximum absolute atomic E-state index is 5.78. The number of nitrogens with two attached hydrogens (primary N) is 1. The van der Waals surface area contributed by atoms with E-state index in [1.165, 1.54) is 41.3 Å². The van der Waals surface area contributed by atoms with E-state index >= 15 is 0 Å². The minimum atomic E-state index is 0.668. The number of aryl methyl sites for hydroxylation is 1. The molecule has 1 heterocycles. The van der Waals surface area contributed by atoms with Crippen LogP contribution in [0.3, 0.4) is 0 Å². The lowest BCUT2D eigenvalue weighted by Crippen LogP contribution is -2.08. The Kier molecular flexibility index (Phi) is 2.76. The molecule has 2 nitrogen and oxygen atoms in total. The lowest BCUT2D eigenvalue weighted by molar-refractivity contribution is 0.418. The lowest BCUT2D eigenvalue weighted by atomic mass is 9.89. The largest absolute Gasteiger partial charge is 0.326 e. The molecule has 2 aliphatic carbocycles. The Morgan fingerprint density at radius 1 is 1.38 bits per heavy atom. The molecule has 1 aromatic rings. The Labute approximate surface area is 101 Å². The van der Waals surface area contributed by atoms with Gasteiger partial charge in [0.2, 0.25) is 0 Å². The summed E-state index contributed by atoms with van der Waals surface area (Å²) in [5.74, 6) is 2.71. The van der Waals surface area contributed by atoms with E-state index in [0.717, 1.165) is 24.2 Å². The van der Waals surface area contributed by atoms with Crippen molar-refractivity contribution in [3.63, 3.8) is 0 Å². The minimum absolute atomic E-state index is 0.668. The Morgan fingerprint density at radius 3 is 2.75 bits per heavy atom. The first-order valence-corrected chi connectivity index (χ1v) is 7.32. The molecule has 0 radical (unpaired) electrons. The summed E-state index contributed by atoms with van der Waals surface area (Å²) < 4.78 is 0. The molecule has 0 saturated heterocycles. The third-order valence-corrected chi connectivity index (χ3v) is 5.62. The van der Waals surface area contributed by atoms with E-state index < -0.39 is 0 Å². The number of rotatable bonds is 3. The molecule has 2 saturated carbocycles. The van der Waals surface area contributed by atoms with Crippen LogP contribution < -0.4 is 5.73 Å². The van der Waals surface area contributed by atoms with Crippen LogP contribution in [-0.4, -0.2) is 4.98 Å². The summed E-state index contributed by atoms with van der Waals surface area (Å²) in [6, 6.07) is 0. The molecule has 88 valence electrons. The van der Waals surface area contributed by atoms with Crippen LogP contribution in [-0.2, 0) is 13.0 Å². The van der Waals surface area contributed by atoms with E-state index in [4.69, 9.17) is 10.7 Å². The molecule has 2 aliphatic rings. The van der Waals surface area contributed by atoms with Gasteiger partial charge < -0.3 is 5.73 Å². The van der Waals surface area contributed by atoms with Crippen LogP contribution in [0.1, 0.15) is 54.1 Å². The zero-order valence-electron chi connectivity index (χ0n) is 9.91. The standard InChI is InChI=1S/C13H20N2S/c1-2-11-12(7-14)16-13(15-11)10-6-8-3-4-9(10)5-8/h8-10H,2-7,14H2,1H3. The van der Waals surface area contributed by atoms with Crippen LogP contribution in [0.15, 0.2) is 0 Å². The second-order valence-corrected chi connectivity index (χ2v) is 6.38. The highest BCUT2D eigenvalue weighted by atomic mass is 32.1. The van der Waals surface area contributed by atoms with Gasteiger partial charge in [0.15, 0.2) is 0 Å². The van der Waals surface area contributed by atoms with Crippen molar-refractivity contribution in [2.45, 2.75) is 51.5 Å². The maximum Gasteiger partial charge on any atom is 0.0965 e. The molecule has 16 heavy (non-hydrogen) atoms. The summed E-state index contributed by atoms with van der Waals surface area (Å²) in [6.45, 7) is 2.85. The molecule has 2 bridgehead atoms. The number of fused-ring (bicyclic) bond motifs is 2. The molecule has 0 amide bonds. The molecule has 3 unspecified atom stereocenters. The van der Waals surface area contributed by atoms with Gasteiger partial charge in [0, 0.05) is 17.3 Å². The summed E-state index contributed by atoms with van der Waals surface area (Å²) in [5, 5.41) is 1.39. The van der Waals surface area contributed by atoms with E-state index in [0.29, 0.717) is 6.54 Å². The van der Waals surface area contributed by atoms with Crippen LogP contribution in [0.5, 0.6) is 0 Å². The smallest absolute Gasteiger partial charge is 0.0965 e. The van der Waals surface area contributed by atoms with Gasteiger partial charge in [-0.05, 0) is 37.5 Å². The molecular weight excluding hydrogens is 216 g/mol. The Hall–Kier alpha value is -0.410. The van der Waals surface area contributed by atoms with Gasteiger partial charge in [0.25, 0.3) is 0 Å². The van der Waals surface area contributed by atoms with Crippen LogP contribution in [0.25, 0.3) is 0 Å². The topological polar surface area (TPSA) is 38.9 Å². The highest BCUT2D eigenvalue weighted by Gasteiger charge is 2.41. The average molecular weight is 236 g/mol. The fourth-order valence-corrected chi connectivity index (χ4v) is 4.78. The van der Waals surface area contributed by atoms with Crippen molar-refractivity contribution in [2.75, 3.05) is 0 Å². The third kappa shape index (κ3) is 1.61. The van der Waals surface area contributed by atoms with Crippen LogP contribution >= 0.6 is 11.3 Å². The quantitative estimate of drug-likeness (QED) is 0.876. The second kappa shape index (κ2) is 4.11. The van der Waals surface area contributed by atoms with E-state index in [1.807, 2.05) is 11.3 Å². The van der Waals surface area contributed by atoms with Crippen LogP contribution in [0, 0.1) is 11.8 Å². The van der Waals surface area contributed by atoms with Gasteiger partial charge in [-0.15, -0.1) is 11.3 Å². The summed E-state index contributed by atoms with van der Waals surface area (Å²) in [6.07, 6.45) is 6.80. The lowest BCUT2D eigenvalue weighted by Gasteiger charge is -2.18. The van der Waals surface area contributed by atoms with Crippen molar-refractivity contribution in [3.8, 4) is 0 Å². The van der Waals surface area contributed by atoms with Gasteiger partial charge >= 0.3 is 0 Å². The molecule has 3 heteroatoms. The SMILES string of the molecule is CCc1nc(C2CC3CCC2C3)sc1CN. The summed E-state index contributed by atoms with van der Waals surface area (Å²) in [7, 11) is 0. The highest BCUT2D eigenvalue weighted by Crippen LogP contribution is 2.53. The number of thiazole rings is 1. The average Bonchev–Trinajstić information content (AvgIpc) is 3.02.